The van der Waals surface area contributed by atoms with Crippen molar-refractivity contribution in [2.75, 3.05) is 0 Å². The predicted molar refractivity (Wildman–Crippen MR) is 90.3 cm³/mol. The van der Waals surface area contributed by atoms with Gasteiger partial charge in [-0.05, 0) is 36.8 Å². The number of nitrogens with zero attached hydrogens (tertiary/aromatic N) is 4. The van der Waals surface area contributed by atoms with Gasteiger partial charge in [-0.3, -0.25) is 10.1 Å². The first-order valence-corrected chi connectivity index (χ1v) is 8.42. The summed E-state index contributed by atoms with van der Waals surface area (Å²) < 4.78 is 1.63. The van der Waals surface area contributed by atoms with Crippen LogP contribution in [-0.4, -0.2) is 37.4 Å². The van der Waals surface area contributed by atoms with Gasteiger partial charge >= 0.3 is 6.03 Å². The summed E-state index contributed by atoms with van der Waals surface area (Å²) in [4.78, 5) is 23.9. The predicted octanol–water partition coefficient (Wildman–Crippen LogP) is 1.76. The number of benzene rings is 1. The minimum Gasteiger partial charge on any atom is -0.334 e. The lowest BCUT2D eigenvalue weighted by Gasteiger charge is -2.12. The van der Waals surface area contributed by atoms with Crippen LogP contribution < -0.4 is 10.6 Å². The van der Waals surface area contributed by atoms with Crippen LogP contribution in [0.5, 0.6) is 0 Å². The molecule has 0 saturated carbocycles. The van der Waals surface area contributed by atoms with Crippen molar-refractivity contribution in [3.63, 3.8) is 0 Å². The Hall–Kier alpha value is -2.42. The highest BCUT2D eigenvalue weighted by Crippen LogP contribution is 2.22. The van der Waals surface area contributed by atoms with Crippen LogP contribution in [0.3, 0.4) is 0 Å². The molecule has 2 N–H and O–H groups in total. The second kappa shape index (κ2) is 8.44. The maximum absolute atomic E-state index is 12.1. The zero-order valence-corrected chi connectivity index (χ0v) is 14.6. The average molecular weight is 348 g/mol. The Bertz CT molecular complexity index is 688. The first-order valence-electron chi connectivity index (χ1n) is 7.54. The molecule has 0 spiro atoms. The lowest BCUT2D eigenvalue weighted by atomic mass is 10.2. The number of nitrogens with one attached hydrogen (secondary N) is 2. The van der Waals surface area contributed by atoms with E-state index in [-0.39, 0.29) is 6.04 Å². The maximum atomic E-state index is 12.1. The standard InChI is InChI=1S/C15H20N6O2S/c1-10(2)21-15(18-19-20-21)24-11(3)13(22)17-14(23)16-9-12-7-5-4-6-8-12/h4-8,10-11H,9H2,1-3H3,(H2,16,17,22,23)/t11-/m1/s1. The third-order valence-corrected chi connectivity index (χ3v) is 4.18. The molecular formula is C15H20N6O2S. The Labute approximate surface area is 144 Å². The van der Waals surface area contributed by atoms with Crippen molar-refractivity contribution in [1.29, 1.82) is 0 Å². The molecule has 3 amide bonds. The van der Waals surface area contributed by atoms with Crippen molar-refractivity contribution in [2.24, 2.45) is 0 Å². The molecule has 0 bridgehead atoms. The maximum Gasteiger partial charge on any atom is 0.321 e. The van der Waals surface area contributed by atoms with Crippen LogP contribution in [0.4, 0.5) is 4.79 Å². The molecule has 128 valence electrons. The second-order valence-corrected chi connectivity index (χ2v) is 6.73. The molecule has 2 rings (SSSR count). The van der Waals surface area contributed by atoms with E-state index in [0.717, 1.165) is 5.56 Å². The van der Waals surface area contributed by atoms with Gasteiger partial charge in [-0.25, -0.2) is 9.48 Å². The van der Waals surface area contributed by atoms with E-state index in [0.29, 0.717) is 11.7 Å². The zero-order chi connectivity index (χ0) is 17.5. The lowest BCUT2D eigenvalue weighted by Crippen LogP contribution is -2.42. The van der Waals surface area contributed by atoms with Gasteiger partial charge < -0.3 is 5.32 Å². The summed E-state index contributed by atoms with van der Waals surface area (Å²) in [5.41, 5.74) is 0.957. The van der Waals surface area contributed by atoms with Gasteiger partial charge in [-0.15, -0.1) is 5.10 Å². The molecule has 0 fully saturated rings. The molecule has 0 aliphatic heterocycles. The van der Waals surface area contributed by atoms with Crippen LogP contribution >= 0.6 is 11.8 Å². The molecule has 0 saturated heterocycles. The van der Waals surface area contributed by atoms with Gasteiger partial charge in [0.1, 0.15) is 0 Å². The smallest absolute Gasteiger partial charge is 0.321 e. The summed E-state index contributed by atoms with van der Waals surface area (Å²) in [6, 6.07) is 9.02. The Morgan fingerprint density at radius 3 is 2.58 bits per heavy atom. The van der Waals surface area contributed by atoms with Crippen molar-refractivity contribution >= 4 is 23.7 Å². The SMILES string of the molecule is CC(C)n1nnnc1S[C@H](C)C(=O)NC(=O)NCc1ccccc1. The number of hydrogen-bond donors (Lipinski definition) is 2. The van der Waals surface area contributed by atoms with Gasteiger partial charge in [0.15, 0.2) is 0 Å². The molecule has 1 aromatic heterocycles. The van der Waals surface area contributed by atoms with E-state index in [1.165, 1.54) is 11.8 Å². The summed E-state index contributed by atoms with van der Waals surface area (Å²) in [6.45, 7) is 5.95. The second-order valence-electron chi connectivity index (χ2n) is 5.42. The minimum atomic E-state index is -0.528. The number of hydrogen-bond acceptors (Lipinski definition) is 6. The van der Waals surface area contributed by atoms with Crippen molar-refractivity contribution in [3.8, 4) is 0 Å². The van der Waals surface area contributed by atoms with Gasteiger partial charge in [-0.1, -0.05) is 42.1 Å². The quantitative estimate of drug-likeness (QED) is 0.771. The summed E-state index contributed by atoms with van der Waals surface area (Å²) in [5, 5.41) is 16.4. The van der Waals surface area contributed by atoms with E-state index in [2.05, 4.69) is 26.2 Å². The number of thioether (sulfide) groups is 1. The molecule has 0 aliphatic rings. The van der Waals surface area contributed by atoms with E-state index >= 15 is 0 Å². The van der Waals surface area contributed by atoms with Gasteiger partial charge in [0.05, 0.1) is 11.3 Å². The number of tetrazole rings is 1. The normalized spacial score (nSPS) is 12.0. The van der Waals surface area contributed by atoms with E-state index in [9.17, 15) is 9.59 Å². The van der Waals surface area contributed by atoms with Crippen LogP contribution in [0.1, 0.15) is 32.4 Å². The highest BCUT2D eigenvalue weighted by Gasteiger charge is 2.21. The molecule has 9 heteroatoms. The summed E-state index contributed by atoms with van der Waals surface area (Å²) in [7, 11) is 0. The zero-order valence-electron chi connectivity index (χ0n) is 13.8. The molecule has 8 nitrogen and oxygen atoms in total. The Morgan fingerprint density at radius 2 is 1.92 bits per heavy atom. The van der Waals surface area contributed by atoms with Crippen LogP contribution in [0, 0.1) is 0 Å². The number of carbonyl (C=O) groups is 2. The third kappa shape index (κ3) is 5.05. The number of aromatic nitrogens is 4. The van der Waals surface area contributed by atoms with Crippen molar-refractivity contribution in [2.45, 2.75) is 43.8 Å². The van der Waals surface area contributed by atoms with Crippen LogP contribution in [0.15, 0.2) is 35.5 Å². The number of rotatable bonds is 6. The highest BCUT2D eigenvalue weighted by atomic mass is 32.2. The highest BCUT2D eigenvalue weighted by molar-refractivity contribution is 8.00. The topological polar surface area (TPSA) is 102 Å². The molecule has 2 aromatic rings. The molecule has 24 heavy (non-hydrogen) atoms. The van der Waals surface area contributed by atoms with E-state index < -0.39 is 17.2 Å². The first-order chi connectivity index (χ1) is 11.5. The first kappa shape index (κ1) is 17.9. The van der Waals surface area contributed by atoms with E-state index in [4.69, 9.17) is 0 Å². The van der Waals surface area contributed by atoms with Gasteiger partial charge in [-0.2, -0.15) is 0 Å². The number of urea groups is 1. The minimum absolute atomic E-state index is 0.0898. The summed E-state index contributed by atoms with van der Waals surface area (Å²) in [6.07, 6.45) is 0. The summed E-state index contributed by atoms with van der Waals surface area (Å²) >= 11 is 1.20. The molecule has 1 heterocycles. The van der Waals surface area contributed by atoms with Gasteiger partial charge in [0.2, 0.25) is 11.1 Å². The Balaban J connectivity index is 1.82. The van der Waals surface area contributed by atoms with Crippen molar-refractivity contribution in [3.05, 3.63) is 35.9 Å². The lowest BCUT2D eigenvalue weighted by molar-refractivity contribution is -0.119. The number of amides is 3. The largest absolute Gasteiger partial charge is 0.334 e. The molecule has 0 aliphatic carbocycles. The fourth-order valence-corrected chi connectivity index (χ4v) is 2.76. The molecule has 0 unspecified atom stereocenters. The van der Waals surface area contributed by atoms with Crippen LogP contribution in [-0.2, 0) is 11.3 Å². The van der Waals surface area contributed by atoms with E-state index in [1.807, 2.05) is 44.2 Å². The Morgan fingerprint density at radius 1 is 1.21 bits per heavy atom. The molecule has 0 radical (unpaired) electrons. The fraction of sp³-hybridized carbons (Fsp3) is 0.400. The van der Waals surface area contributed by atoms with Gasteiger partial charge in [0.25, 0.3) is 0 Å². The molecular weight excluding hydrogens is 328 g/mol. The van der Waals surface area contributed by atoms with Crippen molar-refractivity contribution < 1.29 is 9.59 Å². The molecule has 1 aromatic carbocycles. The molecule has 1 atom stereocenters. The summed E-state index contributed by atoms with van der Waals surface area (Å²) in [5.74, 6) is -0.399. The average Bonchev–Trinajstić information content (AvgIpc) is 3.02. The number of carbonyl (C=O) groups excluding carboxylic acids is 2. The Kier molecular flexibility index (Phi) is 6.30. The van der Waals surface area contributed by atoms with Crippen molar-refractivity contribution in [1.82, 2.24) is 30.8 Å². The van der Waals surface area contributed by atoms with E-state index in [1.54, 1.807) is 11.6 Å². The third-order valence-electron chi connectivity index (χ3n) is 3.14. The fourth-order valence-electron chi connectivity index (χ4n) is 1.83. The van der Waals surface area contributed by atoms with Crippen LogP contribution in [0.2, 0.25) is 0 Å². The van der Waals surface area contributed by atoms with Gasteiger partial charge in [0, 0.05) is 6.54 Å². The monoisotopic (exact) mass is 348 g/mol. The number of imide groups is 1. The van der Waals surface area contributed by atoms with Crippen LogP contribution in [0.25, 0.3) is 0 Å².